The second-order valence-corrected chi connectivity index (χ2v) is 10.7. The predicted octanol–water partition coefficient (Wildman–Crippen LogP) is 2.67. The first-order chi connectivity index (χ1) is 21.3. The fourth-order valence-electron chi connectivity index (χ4n) is 4.34. The number of nitrogens with zero attached hydrogens (tertiary/aromatic N) is 6. The molecule has 3 heterocycles. The number of carbonyl (C=O) groups excluding carboxylic acids is 2. The summed E-state index contributed by atoms with van der Waals surface area (Å²) in [6.07, 6.45) is 9.40. The van der Waals surface area contributed by atoms with Crippen molar-refractivity contribution in [2.24, 2.45) is 0 Å². The third-order valence-electron chi connectivity index (χ3n) is 7.04. The third-order valence-corrected chi connectivity index (χ3v) is 7.04. The molecule has 0 unspecified atom stereocenters. The first-order valence-corrected chi connectivity index (χ1v) is 14.6. The van der Waals surface area contributed by atoms with Crippen LogP contribution in [0.3, 0.4) is 0 Å². The summed E-state index contributed by atoms with van der Waals surface area (Å²) in [6.45, 7) is 5.69. The van der Waals surface area contributed by atoms with Crippen LogP contribution in [0.2, 0.25) is 0 Å². The number of likely N-dealkylation sites (N-methyl/N-ethyl adjacent to an activating group) is 2. The van der Waals surface area contributed by atoms with Gasteiger partial charge in [0.15, 0.2) is 0 Å². The molecule has 11 heteroatoms. The summed E-state index contributed by atoms with van der Waals surface area (Å²) in [6, 6.07) is 10.6. The minimum Gasteiger partial charge on any atom is -0.378 e. The van der Waals surface area contributed by atoms with Crippen LogP contribution in [0.5, 0.6) is 0 Å². The Morgan fingerprint density at radius 2 is 1.89 bits per heavy atom. The number of hydrogen-bond donors (Lipinski definition) is 2. The maximum absolute atomic E-state index is 12.9. The van der Waals surface area contributed by atoms with Crippen molar-refractivity contribution in [2.45, 2.75) is 19.4 Å². The molecule has 1 atom stereocenters. The minimum atomic E-state index is -0.661. The van der Waals surface area contributed by atoms with Gasteiger partial charge in [-0.3, -0.25) is 14.6 Å². The fourth-order valence-corrected chi connectivity index (χ4v) is 4.34. The van der Waals surface area contributed by atoms with Crippen molar-refractivity contribution in [3.63, 3.8) is 0 Å². The van der Waals surface area contributed by atoms with Crippen LogP contribution in [-0.4, -0.2) is 103 Å². The SMILES string of the molecule is C[C@@H](C(=O)Nc1cccc(C#Cc2cnc(NCCc3ccncc3)nc2N2CCOCC2)c1)N(C)C(=O)/C=C/CN(C)C. The topological polar surface area (TPSA) is 116 Å². The molecular formula is C33H40N8O3. The van der Waals surface area contributed by atoms with E-state index in [1.807, 2.05) is 43.3 Å². The molecule has 1 aliphatic heterocycles. The molecule has 2 N–H and O–H groups in total. The van der Waals surface area contributed by atoms with Gasteiger partial charge in [0, 0.05) is 62.9 Å². The fraction of sp³-hybridized carbons (Fsp3) is 0.364. The van der Waals surface area contributed by atoms with Gasteiger partial charge in [-0.25, -0.2) is 4.98 Å². The molecule has 0 radical (unpaired) electrons. The van der Waals surface area contributed by atoms with Gasteiger partial charge in [0.05, 0.1) is 25.0 Å². The van der Waals surface area contributed by atoms with E-state index < -0.39 is 6.04 Å². The van der Waals surface area contributed by atoms with Crippen LogP contribution in [0.4, 0.5) is 17.5 Å². The number of benzene rings is 1. The van der Waals surface area contributed by atoms with E-state index in [1.54, 1.807) is 50.8 Å². The van der Waals surface area contributed by atoms with Crippen LogP contribution in [0.25, 0.3) is 0 Å². The molecule has 0 spiro atoms. The normalized spacial score (nSPS) is 13.7. The number of amides is 2. The molecule has 0 aliphatic carbocycles. The largest absolute Gasteiger partial charge is 0.378 e. The summed E-state index contributed by atoms with van der Waals surface area (Å²) in [5.74, 6) is 7.21. The number of nitrogens with one attached hydrogen (secondary N) is 2. The molecule has 0 bridgehead atoms. The lowest BCUT2D eigenvalue weighted by atomic mass is 10.1. The van der Waals surface area contributed by atoms with Gasteiger partial charge in [-0.05, 0) is 63.3 Å². The van der Waals surface area contributed by atoms with E-state index in [1.165, 1.54) is 16.5 Å². The summed E-state index contributed by atoms with van der Waals surface area (Å²) in [4.78, 5) is 44.3. The molecule has 0 saturated carbocycles. The van der Waals surface area contributed by atoms with Crippen molar-refractivity contribution in [2.75, 3.05) is 76.1 Å². The highest BCUT2D eigenvalue weighted by Crippen LogP contribution is 2.20. The highest BCUT2D eigenvalue weighted by molar-refractivity contribution is 5.98. The van der Waals surface area contributed by atoms with Crippen LogP contribution in [-0.2, 0) is 20.7 Å². The van der Waals surface area contributed by atoms with Crippen molar-refractivity contribution < 1.29 is 14.3 Å². The van der Waals surface area contributed by atoms with E-state index in [4.69, 9.17) is 9.72 Å². The van der Waals surface area contributed by atoms with E-state index in [2.05, 4.69) is 37.3 Å². The molecule has 4 rings (SSSR count). The Hall–Kier alpha value is -4.79. The van der Waals surface area contributed by atoms with E-state index >= 15 is 0 Å². The zero-order chi connectivity index (χ0) is 31.3. The van der Waals surface area contributed by atoms with Crippen LogP contribution in [0, 0.1) is 11.8 Å². The van der Waals surface area contributed by atoms with E-state index in [0.29, 0.717) is 56.6 Å². The molecule has 1 aromatic carbocycles. The highest BCUT2D eigenvalue weighted by atomic mass is 16.5. The van der Waals surface area contributed by atoms with Gasteiger partial charge in [0.2, 0.25) is 17.8 Å². The van der Waals surface area contributed by atoms with Gasteiger partial charge in [0.1, 0.15) is 11.9 Å². The van der Waals surface area contributed by atoms with Gasteiger partial charge in [-0.2, -0.15) is 4.98 Å². The first kappa shape index (κ1) is 32.1. The molecule has 1 aliphatic rings. The number of carbonyl (C=O) groups is 2. The maximum Gasteiger partial charge on any atom is 0.246 e. The van der Waals surface area contributed by atoms with Gasteiger partial charge < -0.3 is 30.1 Å². The molecular weight excluding hydrogens is 556 g/mol. The standard InChI is InChI=1S/C33H40N8O3/c1-25(40(4)30(42)9-6-18-39(2)3)32(43)37-29-8-5-7-27(23-29)10-11-28-24-36-33(35-17-14-26-12-15-34-16-13-26)38-31(28)41-19-21-44-22-20-41/h5-9,12-13,15-16,23-25H,14,17-22H2,1-4H3,(H,37,43)(H,35,36,38)/b9-6+/t25-/m0/s1. The average Bonchev–Trinajstić information content (AvgIpc) is 3.04. The molecule has 1 fully saturated rings. The summed E-state index contributed by atoms with van der Waals surface area (Å²) < 4.78 is 5.55. The van der Waals surface area contributed by atoms with E-state index in [9.17, 15) is 9.59 Å². The predicted molar refractivity (Wildman–Crippen MR) is 172 cm³/mol. The summed E-state index contributed by atoms with van der Waals surface area (Å²) >= 11 is 0. The number of ether oxygens (including phenoxy) is 1. The number of rotatable bonds is 11. The Morgan fingerprint density at radius 1 is 1.11 bits per heavy atom. The Balaban J connectivity index is 1.44. The number of aromatic nitrogens is 3. The zero-order valence-electron chi connectivity index (χ0n) is 25.8. The quantitative estimate of drug-likeness (QED) is 0.255. The highest BCUT2D eigenvalue weighted by Gasteiger charge is 2.21. The average molecular weight is 597 g/mol. The summed E-state index contributed by atoms with van der Waals surface area (Å²) in [7, 11) is 5.46. The lowest BCUT2D eigenvalue weighted by molar-refractivity contribution is -0.132. The molecule has 1 saturated heterocycles. The second kappa shape index (κ2) is 16.2. The Kier molecular flexibility index (Phi) is 11.8. The molecule has 2 aromatic heterocycles. The number of anilines is 3. The van der Waals surface area contributed by atoms with E-state index in [0.717, 1.165) is 17.8 Å². The lowest BCUT2D eigenvalue weighted by Gasteiger charge is -2.28. The Bertz CT molecular complexity index is 1490. The molecule has 3 aromatic rings. The van der Waals surface area contributed by atoms with Crippen LogP contribution < -0.4 is 15.5 Å². The van der Waals surface area contributed by atoms with Crippen molar-refractivity contribution in [3.8, 4) is 11.8 Å². The molecule has 230 valence electrons. The molecule has 2 amide bonds. The van der Waals surface area contributed by atoms with Crippen LogP contribution in [0.1, 0.15) is 23.6 Å². The van der Waals surface area contributed by atoms with Crippen molar-refractivity contribution in [1.82, 2.24) is 24.8 Å². The van der Waals surface area contributed by atoms with Crippen LogP contribution in [0.15, 0.2) is 67.1 Å². The van der Waals surface area contributed by atoms with Gasteiger partial charge in [-0.15, -0.1) is 0 Å². The number of pyridine rings is 1. The smallest absolute Gasteiger partial charge is 0.246 e. The van der Waals surface area contributed by atoms with E-state index in [-0.39, 0.29) is 11.8 Å². The number of morpholine rings is 1. The zero-order valence-corrected chi connectivity index (χ0v) is 25.8. The Labute approximate surface area is 259 Å². The summed E-state index contributed by atoms with van der Waals surface area (Å²) in [5, 5.41) is 6.22. The number of hydrogen-bond acceptors (Lipinski definition) is 9. The Morgan fingerprint density at radius 3 is 2.64 bits per heavy atom. The maximum atomic E-state index is 12.9. The lowest BCUT2D eigenvalue weighted by Crippen LogP contribution is -2.42. The minimum absolute atomic E-state index is 0.234. The van der Waals surface area contributed by atoms with Crippen molar-refractivity contribution >= 4 is 29.3 Å². The van der Waals surface area contributed by atoms with Crippen molar-refractivity contribution in [1.29, 1.82) is 0 Å². The van der Waals surface area contributed by atoms with Crippen LogP contribution >= 0.6 is 0 Å². The first-order valence-electron chi connectivity index (χ1n) is 14.6. The monoisotopic (exact) mass is 596 g/mol. The van der Waals surface area contributed by atoms with Gasteiger partial charge in [0.25, 0.3) is 0 Å². The second-order valence-electron chi connectivity index (χ2n) is 10.7. The third kappa shape index (κ3) is 9.62. The molecule has 11 nitrogen and oxygen atoms in total. The summed E-state index contributed by atoms with van der Waals surface area (Å²) in [5.41, 5.74) is 3.21. The van der Waals surface area contributed by atoms with Gasteiger partial charge >= 0.3 is 0 Å². The van der Waals surface area contributed by atoms with Crippen molar-refractivity contribution in [3.05, 3.63) is 83.8 Å². The van der Waals surface area contributed by atoms with Gasteiger partial charge in [-0.1, -0.05) is 24.0 Å². The molecule has 44 heavy (non-hydrogen) atoms.